The van der Waals surface area contributed by atoms with E-state index in [0.717, 1.165) is 111 Å². The van der Waals surface area contributed by atoms with Gasteiger partial charge in [0.25, 0.3) is 0 Å². The molecule has 0 aliphatic heterocycles. The molecule has 6 heterocycles. The minimum absolute atomic E-state index is 0.269. The van der Waals surface area contributed by atoms with E-state index in [0.29, 0.717) is 38.8 Å². The number of alkyl halides is 3. The number of halogens is 3. The molecule has 0 radical (unpaired) electrons. The lowest BCUT2D eigenvalue weighted by molar-refractivity contribution is -0.137. The van der Waals surface area contributed by atoms with Crippen molar-refractivity contribution in [1.82, 2.24) is 29.1 Å². The Labute approximate surface area is 527 Å². The average molecular weight is 1190 g/mol. The summed E-state index contributed by atoms with van der Waals surface area (Å²) in [7, 11) is 0. The third-order valence-electron chi connectivity index (χ3n) is 17.4. The molecule has 92 heavy (non-hydrogen) atoms. The zero-order valence-electron chi connectivity index (χ0n) is 49.1. The molecule has 0 amide bonds. The van der Waals surface area contributed by atoms with Crippen LogP contribution in [0.3, 0.4) is 0 Å². The standard InChI is InChI=1S/C82H50F3N7/c83-82(84,85)66-45-79(91-75-36-28-57(62-24-32-71(87-48-62)53-15-5-1-6-16-53)41-67(75)68-42-58(29-37-76(68)91)63-25-33-72(88-49-63)54-17-7-2-8-18-54)81(61-23-13-14-52(40-61)47-86)80(46-66)92-77-38-30-59(64-26-34-73(89-50-64)55-19-9-3-10-20-55)43-69(77)70-44-60(31-39-78(70)92)65-27-35-74(90-51-65)56-21-11-4-12-22-56/h1-46,48-51H. The van der Waals surface area contributed by atoms with E-state index in [9.17, 15) is 5.26 Å². The molecule has 6 aromatic heterocycles. The van der Waals surface area contributed by atoms with Crippen LogP contribution in [0, 0.1) is 11.3 Å². The highest BCUT2D eigenvalue weighted by molar-refractivity contribution is 6.14. The molecule has 0 N–H and O–H groups in total. The summed E-state index contributed by atoms with van der Waals surface area (Å²) >= 11 is 0. The van der Waals surface area contributed by atoms with Gasteiger partial charge in [-0.1, -0.05) is 182 Å². The lowest BCUT2D eigenvalue weighted by atomic mass is 9.96. The summed E-state index contributed by atoms with van der Waals surface area (Å²) in [6.07, 6.45) is 2.64. The number of hydrogen-bond acceptors (Lipinski definition) is 5. The fraction of sp³-hybridized carbons (Fsp3) is 0.0122. The molecule has 7 nitrogen and oxygen atoms in total. The van der Waals surface area contributed by atoms with E-state index < -0.39 is 11.7 Å². The van der Waals surface area contributed by atoms with Gasteiger partial charge in [-0.3, -0.25) is 19.9 Å². The van der Waals surface area contributed by atoms with Crippen LogP contribution in [-0.4, -0.2) is 29.1 Å². The van der Waals surface area contributed by atoms with Crippen molar-refractivity contribution in [3.8, 4) is 118 Å². The van der Waals surface area contributed by atoms with Gasteiger partial charge < -0.3 is 9.13 Å². The first kappa shape index (κ1) is 55.0. The van der Waals surface area contributed by atoms with Crippen molar-refractivity contribution in [2.24, 2.45) is 0 Å². The summed E-state index contributed by atoms with van der Waals surface area (Å²) in [5.41, 5.74) is 18.1. The van der Waals surface area contributed by atoms with Gasteiger partial charge in [-0.25, -0.2) is 0 Å². The molecule has 0 unspecified atom stereocenters. The summed E-state index contributed by atoms with van der Waals surface area (Å²) in [5.74, 6) is 0. The zero-order chi connectivity index (χ0) is 61.9. The summed E-state index contributed by atoms with van der Waals surface area (Å²) in [4.78, 5) is 19.6. The molecule has 0 atom stereocenters. The number of benzene rings is 10. The van der Waals surface area contributed by atoms with E-state index in [1.165, 1.54) is 12.1 Å². The highest BCUT2D eigenvalue weighted by atomic mass is 19.4. The maximum Gasteiger partial charge on any atom is 0.416 e. The predicted octanol–water partition coefficient (Wildman–Crippen LogP) is 21.4. The van der Waals surface area contributed by atoms with E-state index in [1.807, 2.05) is 234 Å². The van der Waals surface area contributed by atoms with Crippen LogP contribution >= 0.6 is 0 Å². The molecule has 0 spiro atoms. The first-order chi connectivity index (χ1) is 45.2. The second kappa shape index (κ2) is 22.7. The van der Waals surface area contributed by atoms with E-state index in [4.69, 9.17) is 19.9 Å². The van der Waals surface area contributed by atoms with Crippen LogP contribution < -0.4 is 0 Å². The monoisotopic (exact) mass is 1190 g/mol. The SMILES string of the molecule is N#Cc1cccc(-c2c(-n3c4ccc(-c5ccc(-c6ccccc6)nc5)cc4c4cc(-c5ccc(-c6ccccc6)nc5)ccc43)cc(C(F)(F)F)cc2-n2c3ccc(-c4ccc(-c5ccccc5)nc4)cc3c3cc(-c4ccc(-c5ccccc5)nc4)ccc32)c1. The molecule has 0 aliphatic carbocycles. The molecule has 0 saturated carbocycles. The van der Waals surface area contributed by atoms with Crippen LogP contribution in [0.5, 0.6) is 0 Å². The number of nitriles is 1. The van der Waals surface area contributed by atoms with Crippen molar-refractivity contribution in [2.45, 2.75) is 6.18 Å². The van der Waals surface area contributed by atoms with Crippen molar-refractivity contribution in [1.29, 1.82) is 5.26 Å². The number of nitrogens with zero attached hydrogens (tertiary/aromatic N) is 7. The topological polar surface area (TPSA) is 85.2 Å². The Bertz CT molecular complexity index is 4920. The summed E-state index contributed by atoms with van der Waals surface area (Å²) in [6, 6.07) is 92.6. The molecule has 434 valence electrons. The van der Waals surface area contributed by atoms with Crippen LogP contribution in [0.15, 0.2) is 304 Å². The fourth-order valence-corrected chi connectivity index (χ4v) is 12.8. The molecule has 16 aromatic rings. The van der Waals surface area contributed by atoms with Crippen molar-refractivity contribution in [2.75, 3.05) is 0 Å². The number of pyridine rings is 4. The predicted molar refractivity (Wildman–Crippen MR) is 365 cm³/mol. The van der Waals surface area contributed by atoms with Crippen molar-refractivity contribution in [3.63, 3.8) is 0 Å². The molecule has 10 aromatic carbocycles. The Morgan fingerprint density at radius 2 is 0.576 bits per heavy atom. The van der Waals surface area contributed by atoms with Crippen LogP contribution in [0.25, 0.3) is 156 Å². The Kier molecular flexibility index (Phi) is 13.6. The molecule has 0 fully saturated rings. The van der Waals surface area contributed by atoms with Gasteiger partial charge >= 0.3 is 6.18 Å². The van der Waals surface area contributed by atoms with Crippen LogP contribution in [0.1, 0.15) is 11.1 Å². The maximum absolute atomic E-state index is 16.4. The Balaban J connectivity index is 0.946. The highest BCUT2D eigenvalue weighted by Gasteiger charge is 2.35. The fourth-order valence-electron chi connectivity index (χ4n) is 12.8. The minimum Gasteiger partial charge on any atom is -0.309 e. The second-order valence-corrected chi connectivity index (χ2v) is 22.9. The second-order valence-electron chi connectivity index (χ2n) is 22.9. The largest absolute Gasteiger partial charge is 0.416 e. The molecule has 16 rings (SSSR count). The highest BCUT2D eigenvalue weighted by Crippen LogP contribution is 2.47. The van der Waals surface area contributed by atoms with E-state index in [-0.39, 0.29) is 11.4 Å². The van der Waals surface area contributed by atoms with Gasteiger partial charge in [0.2, 0.25) is 0 Å². The summed E-state index contributed by atoms with van der Waals surface area (Å²) in [6.45, 7) is 0. The van der Waals surface area contributed by atoms with Gasteiger partial charge in [0.15, 0.2) is 0 Å². The van der Waals surface area contributed by atoms with E-state index >= 15 is 13.2 Å². The van der Waals surface area contributed by atoms with Crippen LogP contribution in [0.2, 0.25) is 0 Å². The quantitative estimate of drug-likeness (QED) is 0.129. The van der Waals surface area contributed by atoms with Crippen LogP contribution in [0.4, 0.5) is 13.2 Å². The first-order valence-corrected chi connectivity index (χ1v) is 30.2. The maximum atomic E-state index is 16.4. The lowest BCUT2D eigenvalue weighted by Gasteiger charge is -2.23. The number of aromatic nitrogens is 6. The van der Waals surface area contributed by atoms with Crippen molar-refractivity contribution in [3.05, 3.63) is 315 Å². The average Bonchev–Trinajstić information content (AvgIpc) is 1.54. The van der Waals surface area contributed by atoms with Crippen molar-refractivity contribution < 1.29 is 13.2 Å². The Morgan fingerprint density at radius 3 is 0.848 bits per heavy atom. The van der Waals surface area contributed by atoms with E-state index in [2.05, 4.69) is 54.6 Å². The molecular weight excluding hydrogens is 1140 g/mol. The third kappa shape index (κ3) is 10.0. The molecule has 10 heteroatoms. The van der Waals surface area contributed by atoms with Gasteiger partial charge in [-0.15, -0.1) is 0 Å². The van der Waals surface area contributed by atoms with Gasteiger partial charge in [-0.05, 0) is 125 Å². The smallest absolute Gasteiger partial charge is 0.309 e. The molecule has 0 saturated heterocycles. The first-order valence-electron chi connectivity index (χ1n) is 30.2. The van der Waals surface area contributed by atoms with Crippen molar-refractivity contribution >= 4 is 43.6 Å². The number of hydrogen-bond donors (Lipinski definition) is 0. The van der Waals surface area contributed by atoms with Gasteiger partial charge in [0.1, 0.15) is 0 Å². The summed E-state index contributed by atoms with van der Waals surface area (Å²) in [5, 5.41) is 13.8. The minimum atomic E-state index is -4.82. The van der Waals surface area contributed by atoms with Gasteiger partial charge in [0.05, 0.1) is 73.4 Å². The third-order valence-corrected chi connectivity index (χ3v) is 17.4. The van der Waals surface area contributed by atoms with Crippen LogP contribution in [-0.2, 0) is 6.18 Å². The summed E-state index contributed by atoms with van der Waals surface area (Å²) < 4.78 is 53.0. The Hall–Kier alpha value is -12.3. The Morgan fingerprint density at radius 1 is 0.283 bits per heavy atom. The normalized spacial score (nSPS) is 11.6. The number of fused-ring (bicyclic) bond motifs is 6. The lowest BCUT2D eigenvalue weighted by Crippen LogP contribution is -2.11. The molecular formula is C82H50F3N7. The van der Waals surface area contributed by atoms with Gasteiger partial charge in [0, 0.05) is 96.4 Å². The molecule has 0 aliphatic rings. The molecule has 0 bridgehead atoms. The number of rotatable bonds is 11. The van der Waals surface area contributed by atoms with E-state index in [1.54, 1.807) is 18.2 Å². The van der Waals surface area contributed by atoms with Gasteiger partial charge in [-0.2, -0.15) is 18.4 Å². The zero-order valence-corrected chi connectivity index (χ0v) is 49.1.